The van der Waals surface area contributed by atoms with E-state index in [1.807, 2.05) is 0 Å². The lowest BCUT2D eigenvalue weighted by Crippen LogP contribution is -2.07. The maximum Gasteiger partial charge on any atom is 0.417 e. The molecule has 1 heterocycles. The quantitative estimate of drug-likeness (QED) is 0.630. The number of rotatable bonds is 3. The Labute approximate surface area is 131 Å². The van der Waals surface area contributed by atoms with Gasteiger partial charge in [0.1, 0.15) is 5.82 Å². The van der Waals surface area contributed by atoms with E-state index in [0.717, 1.165) is 18.3 Å². The molecule has 10 heteroatoms. The fraction of sp³-hybridized carbons (Fsp3) is 0.0909. The first kappa shape index (κ1) is 15.9. The Morgan fingerprint density at radius 3 is 2.62 bits per heavy atom. The minimum absolute atomic E-state index is 0.0369. The Hall–Kier alpha value is -1.51. The van der Waals surface area contributed by atoms with Crippen LogP contribution in [0.1, 0.15) is 11.1 Å². The van der Waals surface area contributed by atoms with E-state index in [4.69, 9.17) is 28.9 Å². The van der Waals surface area contributed by atoms with E-state index in [2.05, 4.69) is 15.5 Å². The molecule has 3 N–H and O–H groups in total. The number of thiazole rings is 1. The van der Waals surface area contributed by atoms with Gasteiger partial charge in [-0.3, -0.25) is 5.43 Å². The highest BCUT2D eigenvalue weighted by atomic mass is 35.5. The van der Waals surface area contributed by atoms with E-state index in [1.54, 1.807) is 5.38 Å². The molecule has 1 aromatic heterocycles. The molecule has 0 bridgehead atoms. The first-order chi connectivity index (χ1) is 9.79. The summed E-state index contributed by atoms with van der Waals surface area (Å²) < 4.78 is 38.2. The van der Waals surface area contributed by atoms with Crippen LogP contribution in [0, 0.1) is 0 Å². The van der Waals surface area contributed by atoms with Crippen LogP contribution in [0.15, 0.2) is 22.6 Å². The summed E-state index contributed by atoms with van der Waals surface area (Å²) in [4.78, 5) is 3.87. The summed E-state index contributed by atoms with van der Waals surface area (Å²) in [5.74, 6) is 0.313. The summed E-state index contributed by atoms with van der Waals surface area (Å²) in [6.07, 6.45) is -3.47. The van der Waals surface area contributed by atoms with Crippen molar-refractivity contribution in [3.8, 4) is 0 Å². The summed E-state index contributed by atoms with van der Waals surface area (Å²) >= 11 is 12.8. The molecule has 2 aromatic rings. The highest BCUT2D eigenvalue weighted by Gasteiger charge is 2.34. The Bertz CT molecular complexity index is 685. The maximum absolute atomic E-state index is 12.7. The average Bonchev–Trinajstić information content (AvgIpc) is 2.77. The highest BCUT2D eigenvalue weighted by molar-refractivity contribution is 7.14. The highest BCUT2D eigenvalue weighted by Crippen LogP contribution is 2.38. The second-order valence-corrected chi connectivity index (χ2v) is 5.41. The third-order valence-corrected chi connectivity index (χ3v) is 3.81. The number of hydrogen-bond acceptors (Lipinski definition) is 5. The van der Waals surface area contributed by atoms with Crippen LogP contribution in [0.4, 0.5) is 24.1 Å². The lowest BCUT2D eigenvalue weighted by molar-refractivity contribution is -0.137. The standard InChI is InChI=1S/C11H7Cl2F3N4S/c12-7-2-1-6(11(14,15)16)9(13)5(7)3-18-20-10-19-8(17)4-21-10/h1-4H,17H2,(H,19,20). The van der Waals surface area contributed by atoms with Gasteiger partial charge in [-0.25, -0.2) is 4.98 Å². The summed E-state index contributed by atoms with van der Waals surface area (Å²) in [7, 11) is 0. The predicted molar refractivity (Wildman–Crippen MR) is 79.2 cm³/mol. The largest absolute Gasteiger partial charge is 0.417 e. The summed E-state index contributed by atoms with van der Waals surface area (Å²) in [6.45, 7) is 0. The van der Waals surface area contributed by atoms with Crippen molar-refractivity contribution in [3.63, 3.8) is 0 Å². The molecule has 0 amide bonds. The third kappa shape index (κ3) is 3.78. The molecule has 0 saturated carbocycles. The second-order valence-electron chi connectivity index (χ2n) is 3.77. The van der Waals surface area contributed by atoms with Crippen LogP contribution >= 0.6 is 34.5 Å². The number of alkyl halides is 3. The molecule has 0 aliphatic rings. The normalized spacial score (nSPS) is 12.0. The summed E-state index contributed by atoms with van der Waals surface area (Å²) in [6, 6.07) is 1.93. The number of halogens is 5. The first-order valence-electron chi connectivity index (χ1n) is 5.34. The van der Waals surface area contributed by atoms with Gasteiger partial charge >= 0.3 is 6.18 Å². The Kier molecular flexibility index (Phi) is 4.60. The molecule has 21 heavy (non-hydrogen) atoms. The number of nitrogen functional groups attached to an aromatic ring is 1. The SMILES string of the molecule is Nc1csc(NN=Cc2c(Cl)ccc(C(F)(F)F)c2Cl)n1. The maximum atomic E-state index is 12.7. The number of nitrogens with one attached hydrogen (secondary N) is 1. The van der Waals surface area contributed by atoms with E-state index in [1.165, 1.54) is 11.3 Å². The average molecular weight is 355 g/mol. The molecule has 0 aliphatic carbocycles. The van der Waals surface area contributed by atoms with Crippen LogP contribution in [-0.2, 0) is 6.18 Å². The molecule has 0 aliphatic heterocycles. The van der Waals surface area contributed by atoms with Gasteiger partial charge in [0, 0.05) is 10.9 Å². The van der Waals surface area contributed by atoms with Crippen molar-refractivity contribution < 1.29 is 13.2 Å². The van der Waals surface area contributed by atoms with Gasteiger partial charge in [-0.2, -0.15) is 18.3 Å². The molecule has 0 spiro atoms. The number of benzene rings is 1. The molecule has 0 unspecified atom stereocenters. The monoisotopic (exact) mass is 354 g/mol. The van der Waals surface area contributed by atoms with E-state index in [-0.39, 0.29) is 10.6 Å². The zero-order valence-electron chi connectivity index (χ0n) is 10.1. The Morgan fingerprint density at radius 1 is 1.33 bits per heavy atom. The van der Waals surface area contributed by atoms with Gasteiger partial charge < -0.3 is 5.73 Å². The van der Waals surface area contributed by atoms with Crippen molar-refractivity contribution in [1.29, 1.82) is 0 Å². The molecule has 112 valence electrons. The Morgan fingerprint density at radius 2 is 2.05 bits per heavy atom. The molecule has 0 fully saturated rings. The van der Waals surface area contributed by atoms with E-state index >= 15 is 0 Å². The number of nitrogens with zero attached hydrogens (tertiary/aromatic N) is 2. The topological polar surface area (TPSA) is 63.3 Å². The zero-order chi connectivity index (χ0) is 15.6. The summed E-state index contributed by atoms with van der Waals surface area (Å²) in [5.41, 5.74) is 6.93. The zero-order valence-corrected chi connectivity index (χ0v) is 12.4. The van der Waals surface area contributed by atoms with Gasteiger partial charge in [0.05, 0.1) is 21.8 Å². The molecular weight excluding hydrogens is 348 g/mol. The first-order valence-corrected chi connectivity index (χ1v) is 6.98. The minimum atomic E-state index is -4.57. The molecule has 1 aromatic carbocycles. The Balaban J connectivity index is 2.27. The fourth-order valence-electron chi connectivity index (χ4n) is 1.40. The number of anilines is 2. The van der Waals surface area contributed by atoms with Crippen molar-refractivity contribution >= 4 is 51.7 Å². The van der Waals surface area contributed by atoms with Crippen LogP contribution in [0.25, 0.3) is 0 Å². The molecular formula is C11H7Cl2F3N4S. The number of hydrazone groups is 1. The lowest BCUT2D eigenvalue weighted by Gasteiger charge is -2.11. The predicted octanol–water partition coefficient (Wildman–Crippen LogP) is 4.50. The number of nitrogens with two attached hydrogens (primary N) is 1. The van der Waals surface area contributed by atoms with E-state index in [9.17, 15) is 13.2 Å². The molecule has 2 rings (SSSR count). The van der Waals surface area contributed by atoms with Gasteiger partial charge in [0.15, 0.2) is 0 Å². The van der Waals surface area contributed by atoms with Crippen molar-refractivity contribution in [2.75, 3.05) is 11.2 Å². The van der Waals surface area contributed by atoms with Gasteiger partial charge in [-0.15, -0.1) is 11.3 Å². The van der Waals surface area contributed by atoms with Gasteiger partial charge in [-0.1, -0.05) is 23.2 Å². The fourth-order valence-corrected chi connectivity index (χ4v) is 2.52. The van der Waals surface area contributed by atoms with Crippen molar-refractivity contribution in [2.45, 2.75) is 6.18 Å². The number of aromatic nitrogens is 1. The third-order valence-electron chi connectivity index (χ3n) is 2.31. The number of hydrogen-bond donors (Lipinski definition) is 2. The van der Waals surface area contributed by atoms with Crippen LogP contribution in [-0.4, -0.2) is 11.2 Å². The van der Waals surface area contributed by atoms with Crippen molar-refractivity contribution in [3.05, 3.63) is 38.7 Å². The molecule has 0 radical (unpaired) electrons. The van der Waals surface area contributed by atoms with E-state index < -0.39 is 16.8 Å². The van der Waals surface area contributed by atoms with E-state index in [0.29, 0.717) is 10.9 Å². The van der Waals surface area contributed by atoms with Gasteiger partial charge in [0.2, 0.25) is 5.13 Å². The van der Waals surface area contributed by atoms with Crippen molar-refractivity contribution in [1.82, 2.24) is 4.98 Å². The summed E-state index contributed by atoms with van der Waals surface area (Å²) in [5, 5.41) is 5.27. The minimum Gasteiger partial charge on any atom is -0.383 e. The lowest BCUT2D eigenvalue weighted by atomic mass is 10.1. The van der Waals surface area contributed by atoms with Crippen molar-refractivity contribution in [2.24, 2.45) is 5.10 Å². The van der Waals surface area contributed by atoms with Crippen LogP contribution in [0.3, 0.4) is 0 Å². The van der Waals surface area contributed by atoms with Crippen LogP contribution in [0.5, 0.6) is 0 Å². The molecule has 0 atom stereocenters. The smallest absolute Gasteiger partial charge is 0.383 e. The second kappa shape index (κ2) is 6.08. The van der Waals surface area contributed by atoms with Gasteiger partial charge in [0.25, 0.3) is 0 Å². The molecule has 0 saturated heterocycles. The van der Waals surface area contributed by atoms with Gasteiger partial charge in [-0.05, 0) is 12.1 Å². The van der Waals surface area contributed by atoms with Crippen LogP contribution < -0.4 is 11.2 Å². The molecule has 4 nitrogen and oxygen atoms in total. The van der Waals surface area contributed by atoms with Crippen LogP contribution in [0.2, 0.25) is 10.0 Å².